The van der Waals surface area contributed by atoms with Gasteiger partial charge in [-0.1, -0.05) is 13.8 Å². The first-order valence-electron chi connectivity index (χ1n) is 8.11. The summed E-state index contributed by atoms with van der Waals surface area (Å²) in [7, 11) is 1.63. The third-order valence-electron chi connectivity index (χ3n) is 4.16. The van der Waals surface area contributed by atoms with Crippen LogP contribution in [0.2, 0.25) is 0 Å². The molecule has 0 aliphatic carbocycles. The molecule has 2 aromatic rings. The highest BCUT2D eigenvalue weighted by atomic mass is 19.1. The lowest BCUT2D eigenvalue weighted by Crippen LogP contribution is -2.36. The Morgan fingerprint density at radius 1 is 1.25 bits per heavy atom. The highest BCUT2D eigenvalue weighted by Crippen LogP contribution is 2.26. The number of hydrogen-bond donors (Lipinski definition) is 2. The topological polar surface area (TPSA) is 54.4 Å². The normalized spacial score (nSPS) is 12.5. The average Bonchev–Trinajstić information content (AvgIpc) is 2.56. The number of pyridine rings is 1. The zero-order valence-electron chi connectivity index (χ0n) is 14.6. The number of methoxy groups -OCH3 is 1. The van der Waals surface area contributed by atoms with Crippen molar-refractivity contribution in [2.75, 3.05) is 13.7 Å². The van der Waals surface area contributed by atoms with Crippen LogP contribution < -0.4 is 10.1 Å². The van der Waals surface area contributed by atoms with Gasteiger partial charge in [0.1, 0.15) is 11.6 Å². The summed E-state index contributed by atoms with van der Waals surface area (Å²) < 4.78 is 19.3. The molecule has 2 rings (SSSR count). The summed E-state index contributed by atoms with van der Waals surface area (Å²) in [5.41, 5.74) is 3.03. The van der Waals surface area contributed by atoms with Crippen LogP contribution in [0.4, 0.5) is 4.39 Å². The molecule has 1 atom stereocenters. The smallest absolute Gasteiger partial charge is 0.146 e. The van der Waals surface area contributed by atoms with Gasteiger partial charge in [-0.2, -0.15) is 0 Å². The summed E-state index contributed by atoms with van der Waals surface area (Å²) in [6.45, 7) is 6.28. The number of aliphatic hydroxyl groups excluding tert-OH is 1. The number of nitrogens with zero attached hydrogens (tertiary/aromatic N) is 1. The minimum atomic E-state index is -0.349. The molecular formula is C19H25FN2O2. The minimum Gasteiger partial charge on any atom is -0.497 e. The maximum Gasteiger partial charge on any atom is 0.146 e. The molecule has 4 nitrogen and oxygen atoms in total. The SMILES string of the molecule is COc1ccc(-c2ccc(F)c(CN[C@@H](CO)C(C)C)n2)c(C)c1. The van der Waals surface area contributed by atoms with Crippen molar-refractivity contribution >= 4 is 0 Å². The van der Waals surface area contributed by atoms with Crippen LogP contribution in [-0.2, 0) is 6.54 Å². The fourth-order valence-electron chi connectivity index (χ4n) is 2.55. The van der Waals surface area contributed by atoms with Crippen molar-refractivity contribution in [3.8, 4) is 17.0 Å². The first kappa shape index (κ1) is 18.4. The Morgan fingerprint density at radius 3 is 2.58 bits per heavy atom. The van der Waals surface area contributed by atoms with E-state index < -0.39 is 0 Å². The van der Waals surface area contributed by atoms with Crippen molar-refractivity contribution in [2.24, 2.45) is 5.92 Å². The predicted molar refractivity (Wildman–Crippen MR) is 93.5 cm³/mol. The van der Waals surface area contributed by atoms with Gasteiger partial charge in [-0.05, 0) is 48.7 Å². The molecule has 0 saturated carbocycles. The van der Waals surface area contributed by atoms with E-state index in [1.54, 1.807) is 13.2 Å². The van der Waals surface area contributed by atoms with E-state index in [1.807, 2.05) is 39.0 Å². The van der Waals surface area contributed by atoms with E-state index in [0.29, 0.717) is 5.69 Å². The van der Waals surface area contributed by atoms with Gasteiger partial charge in [-0.3, -0.25) is 0 Å². The second kappa shape index (κ2) is 8.22. The molecule has 1 aromatic heterocycles. The Balaban J connectivity index is 2.25. The molecule has 0 unspecified atom stereocenters. The van der Waals surface area contributed by atoms with Gasteiger partial charge < -0.3 is 15.2 Å². The molecule has 5 heteroatoms. The van der Waals surface area contributed by atoms with E-state index in [9.17, 15) is 9.50 Å². The van der Waals surface area contributed by atoms with Crippen molar-refractivity contribution in [2.45, 2.75) is 33.4 Å². The fraction of sp³-hybridized carbons (Fsp3) is 0.421. The highest BCUT2D eigenvalue weighted by Gasteiger charge is 2.14. The molecular weight excluding hydrogens is 307 g/mol. The highest BCUT2D eigenvalue weighted by molar-refractivity contribution is 5.64. The van der Waals surface area contributed by atoms with Gasteiger partial charge in [0.05, 0.1) is 25.1 Å². The first-order valence-corrected chi connectivity index (χ1v) is 8.11. The molecule has 0 fully saturated rings. The quantitative estimate of drug-likeness (QED) is 0.817. The lowest BCUT2D eigenvalue weighted by atomic mass is 10.0. The number of benzene rings is 1. The Morgan fingerprint density at radius 2 is 2.00 bits per heavy atom. The molecule has 0 amide bonds. The molecule has 0 bridgehead atoms. The van der Waals surface area contributed by atoms with Crippen LogP contribution in [0.25, 0.3) is 11.3 Å². The van der Waals surface area contributed by atoms with Gasteiger partial charge >= 0.3 is 0 Å². The van der Waals surface area contributed by atoms with Crippen molar-refractivity contribution in [3.05, 3.63) is 47.4 Å². The predicted octanol–water partition coefficient (Wildman–Crippen LogP) is 3.31. The largest absolute Gasteiger partial charge is 0.497 e. The molecule has 0 aliphatic heterocycles. The van der Waals surface area contributed by atoms with Crippen LogP contribution in [0, 0.1) is 18.7 Å². The molecule has 0 saturated heterocycles. The average molecular weight is 332 g/mol. The van der Waals surface area contributed by atoms with E-state index in [2.05, 4.69) is 10.3 Å². The van der Waals surface area contributed by atoms with Crippen molar-refractivity contribution < 1.29 is 14.2 Å². The number of hydrogen-bond acceptors (Lipinski definition) is 4. The third kappa shape index (κ3) is 4.30. The number of aliphatic hydroxyl groups is 1. The molecule has 0 spiro atoms. The lowest BCUT2D eigenvalue weighted by Gasteiger charge is -2.20. The Hall–Kier alpha value is -1.98. The molecule has 24 heavy (non-hydrogen) atoms. The summed E-state index contributed by atoms with van der Waals surface area (Å²) in [5, 5.41) is 12.5. The number of aryl methyl sites for hydroxylation is 1. The number of nitrogens with one attached hydrogen (secondary N) is 1. The van der Waals surface area contributed by atoms with E-state index in [0.717, 1.165) is 22.6 Å². The maximum absolute atomic E-state index is 14.1. The Kier molecular flexibility index (Phi) is 6.29. The van der Waals surface area contributed by atoms with Crippen molar-refractivity contribution in [1.82, 2.24) is 10.3 Å². The summed E-state index contributed by atoms with van der Waals surface area (Å²) in [6, 6.07) is 8.75. The van der Waals surface area contributed by atoms with E-state index >= 15 is 0 Å². The van der Waals surface area contributed by atoms with Gasteiger partial charge in [-0.15, -0.1) is 0 Å². The van der Waals surface area contributed by atoms with Gasteiger partial charge in [-0.25, -0.2) is 9.37 Å². The van der Waals surface area contributed by atoms with Gasteiger partial charge in [0.2, 0.25) is 0 Å². The van der Waals surface area contributed by atoms with E-state index in [1.165, 1.54) is 6.07 Å². The van der Waals surface area contributed by atoms with Crippen molar-refractivity contribution in [1.29, 1.82) is 0 Å². The van der Waals surface area contributed by atoms with Gasteiger partial charge in [0.25, 0.3) is 0 Å². The van der Waals surface area contributed by atoms with Crippen LogP contribution >= 0.6 is 0 Å². The number of rotatable bonds is 7. The standard InChI is InChI=1S/C19H25FN2O2/c1-12(2)19(11-23)21-10-18-16(20)7-8-17(22-18)15-6-5-14(24-4)9-13(15)3/h5-9,12,19,21,23H,10-11H2,1-4H3/t19-/m0/s1. The third-order valence-corrected chi connectivity index (χ3v) is 4.16. The molecule has 0 aliphatic rings. The number of aromatic nitrogens is 1. The summed E-state index contributed by atoms with van der Waals surface area (Å²) in [4.78, 5) is 4.46. The number of halogens is 1. The second-order valence-corrected chi connectivity index (χ2v) is 6.22. The molecule has 130 valence electrons. The van der Waals surface area contributed by atoms with Crippen LogP contribution in [0.5, 0.6) is 5.75 Å². The minimum absolute atomic E-state index is 0.0105. The Bertz CT molecular complexity index is 689. The monoisotopic (exact) mass is 332 g/mol. The lowest BCUT2D eigenvalue weighted by molar-refractivity contribution is 0.209. The molecule has 0 radical (unpaired) electrons. The molecule has 2 N–H and O–H groups in total. The molecule has 1 heterocycles. The van der Waals surface area contributed by atoms with Crippen LogP contribution in [-0.4, -0.2) is 29.8 Å². The Labute approximate surface area is 142 Å². The van der Waals surface area contributed by atoms with Crippen molar-refractivity contribution in [3.63, 3.8) is 0 Å². The summed E-state index contributed by atoms with van der Waals surface area (Å²) in [5.74, 6) is 0.686. The van der Waals surface area contributed by atoms with Crippen LogP contribution in [0.15, 0.2) is 30.3 Å². The molecule has 1 aromatic carbocycles. The fourth-order valence-corrected chi connectivity index (χ4v) is 2.55. The summed E-state index contributed by atoms with van der Waals surface area (Å²) in [6.07, 6.45) is 0. The van der Waals surface area contributed by atoms with E-state index in [-0.39, 0.29) is 30.9 Å². The second-order valence-electron chi connectivity index (χ2n) is 6.22. The van der Waals surface area contributed by atoms with Gasteiger partial charge in [0.15, 0.2) is 0 Å². The zero-order chi connectivity index (χ0) is 17.7. The van der Waals surface area contributed by atoms with Crippen LogP contribution in [0.3, 0.4) is 0 Å². The van der Waals surface area contributed by atoms with E-state index in [4.69, 9.17) is 4.74 Å². The first-order chi connectivity index (χ1) is 11.5. The van der Waals surface area contributed by atoms with Gasteiger partial charge in [0, 0.05) is 18.2 Å². The number of ether oxygens (including phenoxy) is 1. The van der Waals surface area contributed by atoms with Crippen LogP contribution in [0.1, 0.15) is 25.1 Å². The summed E-state index contributed by atoms with van der Waals surface area (Å²) >= 11 is 0. The zero-order valence-corrected chi connectivity index (χ0v) is 14.6. The maximum atomic E-state index is 14.1.